The van der Waals surface area contributed by atoms with Crippen molar-refractivity contribution in [1.82, 2.24) is 9.80 Å². The standard InChI is InChI=1S/C20H26N2O/c1-17-12-21(13-18-8-4-2-5-9-18)15-20(16-23)22(17)14-19-10-6-3-7-11-19/h2-11,17,20,23H,12-16H2,1H3/t17-,20?/m0/s1. The molecular formula is C20H26N2O. The summed E-state index contributed by atoms with van der Waals surface area (Å²) in [7, 11) is 0. The van der Waals surface area contributed by atoms with Crippen molar-refractivity contribution in [3.05, 3.63) is 71.8 Å². The Morgan fingerprint density at radius 3 is 2.00 bits per heavy atom. The molecule has 1 saturated heterocycles. The molecule has 0 aliphatic carbocycles. The molecule has 0 aromatic heterocycles. The average molecular weight is 310 g/mol. The van der Waals surface area contributed by atoms with Crippen molar-refractivity contribution in [2.75, 3.05) is 19.7 Å². The maximum atomic E-state index is 9.87. The molecule has 3 nitrogen and oxygen atoms in total. The molecule has 0 saturated carbocycles. The van der Waals surface area contributed by atoms with E-state index in [1.54, 1.807) is 0 Å². The second kappa shape index (κ2) is 7.73. The Kier molecular flexibility index (Phi) is 5.44. The van der Waals surface area contributed by atoms with Crippen LogP contribution < -0.4 is 0 Å². The van der Waals surface area contributed by atoms with E-state index in [9.17, 15) is 5.11 Å². The van der Waals surface area contributed by atoms with Crippen molar-refractivity contribution < 1.29 is 5.11 Å². The van der Waals surface area contributed by atoms with E-state index in [2.05, 4.69) is 71.3 Å². The zero-order chi connectivity index (χ0) is 16.1. The number of benzene rings is 2. The highest BCUT2D eigenvalue weighted by Crippen LogP contribution is 2.20. The summed E-state index contributed by atoms with van der Waals surface area (Å²) >= 11 is 0. The lowest BCUT2D eigenvalue weighted by molar-refractivity contribution is -0.00429. The number of hydrogen-bond acceptors (Lipinski definition) is 3. The summed E-state index contributed by atoms with van der Waals surface area (Å²) in [5.74, 6) is 0. The van der Waals surface area contributed by atoms with Gasteiger partial charge in [-0.25, -0.2) is 0 Å². The Morgan fingerprint density at radius 1 is 0.870 bits per heavy atom. The van der Waals surface area contributed by atoms with Gasteiger partial charge in [-0.05, 0) is 18.1 Å². The van der Waals surface area contributed by atoms with Crippen molar-refractivity contribution in [3.63, 3.8) is 0 Å². The molecule has 2 aromatic carbocycles. The Morgan fingerprint density at radius 2 is 1.43 bits per heavy atom. The fourth-order valence-electron chi connectivity index (χ4n) is 3.53. The van der Waals surface area contributed by atoms with E-state index < -0.39 is 0 Å². The van der Waals surface area contributed by atoms with Gasteiger partial charge in [-0.3, -0.25) is 9.80 Å². The van der Waals surface area contributed by atoms with Gasteiger partial charge in [0.1, 0.15) is 0 Å². The van der Waals surface area contributed by atoms with Gasteiger partial charge in [0, 0.05) is 38.3 Å². The smallest absolute Gasteiger partial charge is 0.0599 e. The molecule has 1 N–H and O–H groups in total. The number of hydrogen-bond donors (Lipinski definition) is 1. The summed E-state index contributed by atoms with van der Waals surface area (Å²) in [6.07, 6.45) is 0. The van der Waals surface area contributed by atoms with Gasteiger partial charge in [0.15, 0.2) is 0 Å². The van der Waals surface area contributed by atoms with E-state index in [-0.39, 0.29) is 12.6 Å². The second-order valence-electron chi connectivity index (χ2n) is 6.52. The monoisotopic (exact) mass is 310 g/mol. The molecule has 1 heterocycles. The van der Waals surface area contributed by atoms with Crippen LogP contribution >= 0.6 is 0 Å². The van der Waals surface area contributed by atoms with Gasteiger partial charge in [-0.15, -0.1) is 0 Å². The first kappa shape index (κ1) is 16.2. The van der Waals surface area contributed by atoms with Crippen molar-refractivity contribution in [1.29, 1.82) is 0 Å². The van der Waals surface area contributed by atoms with Crippen molar-refractivity contribution >= 4 is 0 Å². The number of rotatable bonds is 5. The molecule has 1 fully saturated rings. The van der Waals surface area contributed by atoms with E-state index in [1.807, 2.05) is 6.07 Å². The molecule has 1 aliphatic heterocycles. The minimum absolute atomic E-state index is 0.197. The molecule has 1 unspecified atom stereocenters. The minimum atomic E-state index is 0.197. The van der Waals surface area contributed by atoms with Crippen LogP contribution in [0.1, 0.15) is 18.1 Å². The van der Waals surface area contributed by atoms with Gasteiger partial charge in [-0.2, -0.15) is 0 Å². The van der Waals surface area contributed by atoms with E-state index in [0.29, 0.717) is 6.04 Å². The summed E-state index contributed by atoms with van der Waals surface area (Å²) in [5.41, 5.74) is 2.65. The van der Waals surface area contributed by atoms with Gasteiger partial charge in [0.25, 0.3) is 0 Å². The largest absolute Gasteiger partial charge is 0.395 e. The predicted octanol–water partition coefficient (Wildman–Crippen LogP) is 2.75. The number of nitrogens with zero attached hydrogens (tertiary/aromatic N) is 2. The Balaban J connectivity index is 1.66. The highest BCUT2D eigenvalue weighted by atomic mass is 16.3. The van der Waals surface area contributed by atoms with Gasteiger partial charge < -0.3 is 5.11 Å². The first-order chi connectivity index (χ1) is 11.3. The van der Waals surface area contributed by atoms with Crippen LogP contribution in [0.4, 0.5) is 0 Å². The summed E-state index contributed by atoms with van der Waals surface area (Å²) in [4.78, 5) is 4.90. The molecule has 0 spiro atoms. The van der Waals surface area contributed by atoms with E-state index in [4.69, 9.17) is 0 Å². The topological polar surface area (TPSA) is 26.7 Å². The van der Waals surface area contributed by atoms with Crippen molar-refractivity contribution in [2.24, 2.45) is 0 Å². The number of aliphatic hydroxyl groups is 1. The molecule has 1 aliphatic rings. The van der Waals surface area contributed by atoms with E-state index in [0.717, 1.165) is 26.2 Å². The molecule has 3 rings (SSSR count). The van der Waals surface area contributed by atoms with Gasteiger partial charge in [0.05, 0.1) is 6.61 Å². The molecule has 3 heteroatoms. The molecule has 122 valence electrons. The van der Waals surface area contributed by atoms with Crippen LogP contribution in [0, 0.1) is 0 Å². The van der Waals surface area contributed by atoms with Crippen LogP contribution in [-0.4, -0.2) is 46.7 Å². The highest BCUT2D eigenvalue weighted by molar-refractivity contribution is 5.16. The van der Waals surface area contributed by atoms with Crippen LogP contribution in [0.25, 0.3) is 0 Å². The van der Waals surface area contributed by atoms with Crippen LogP contribution in [0.15, 0.2) is 60.7 Å². The first-order valence-corrected chi connectivity index (χ1v) is 8.43. The third-order valence-electron chi connectivity index (χ3n) is 4.69. The Labute approximate surface area is 139 Å². The highest BCUT2D eigenvalue weighted by Gasteiger charge is 2.31. The minimum Gasteiger partial charge on any atom is -0.395 e. The quantitative estimate of drug-likeness (QED) is 0.920. The van der Waals surface area contributed by atoms with Gasteiger partial charge in [-0.1, -0.05) is 60.7 Å². The molecule has 0 amide bonds. The lowest BCUT2D eigenvalue weighted by Crippen LogP contribution is -2.58. The molecule has 23 heavy (non-hydrogen) atoms. The fourth-order valence-corrected chi connectivity index (χ4v) is 3.53. The molecule has 2 aromatic rings. The summed E-state index contributed by atoms with van der Waals surface area (Å²) in [6.45, 7) is 6.30. The van der Waals surface area contributed by atoms with Gasteiger partial charge in [0.2, 0.25) is 0 Å². The van der Waals surface area contributed by atoms with E-state index in [1.165, 1.54) is 11.1 Å². The first-order valence-electron chi connectivity index (χ1n) is 8.43. The zero-order valence-corrected chi connectivity index (χ0v) is 13.8. The molecular weight excluding hydrogens is 284 g/mol. The molecule has 0 bridgehead atoms. The maximum Gasteiger partial charge on any atom is 0.0599 e. The number of piperazine rings is 1. The second-order valence-corrected chi connectivity index (χ2v) is 6.52. The zero-order valence-electron chi connectivity index (χ0n) is 13.8. The summed E-state index contributed by atoms with van der Waals surface area (Å²) in [6, 6.07) is 21.8. The number of aliphatic hydroxyl groups excluding tert-OH is 1. The Bertz CT molecular complexity index is 587. The summed E-state index contributed by atoms with van der Waals surface area (Å²) in [5, 5.41) is 9.87. The third kappa shape index (κ3) is 4.20. The SMILES string of the molecule is C[C@H]1CN(Cc2ccccc2)CC(CO)N1Cc1ccccc1. The Hall–Kier alpha value is -1.68. The molecule has 2 atom stereocenters. The lowest BCUT2D eigenvalue weighted by atomic mass is 10.0. The third-order valence-corrected chi connectivity index (χ3v) is 4.69. The van der Waals surface area contributed by atoms with Crippen LogP contribution in [-0.2, 0) is 13.1 Å². The predicted molar refractivity (Wildman–Crippen MR) is 94.0 cm³/mol. The van der Waals surface area contributed by atoms with E-state index >= 15 is 0 Å². The normalized spacial score (nSPS) is 23.0. The fraction of sp³-hybridized carbons (Fsp3) is 0.400. The van der Waals surface area contributed by atoms with Gasteiger partial charge >= 0.3 is 0 Å². The van der Waals surface area contributed by atoms with Crippen LogP contribution in [0.5, 0.6) is 0 Å². The van der Waals surface area contributed by atoms with Crippen LogP contribution in [0.2, 0.25) is 0 Å². The van der Waals surface area contributed by atoms with Crippen molar-refractivity contribution in [3.8, 4) is 0 Å². The van der Waals surface area contributed by atoms with Crippen LogP contribution in [0.3, 0.4) is 0 Å². The molecule has 0 radical (unpaired) electrons. The maximum absolute atomic E-state index is 9.87. The summed E-state index contributed by atoms with van der Waals surface area (Å²) < 4.78 is 0. The average Bonchev–Trinajstić information content (AvgIpc) is 2.59. The van der Waals surface area contributed by atoms with Crippen molar-refractivity contribution in [2.45, 2.75) is 32.1 Å². The lowest BCUT2D eigenvalue weighted by Gasteiger charge is -2.45.